The van der Waals surface area contributed by atoms with Crippen molar-refractivity contribution in [3.05, 3.63) is 0 Å². The number of aliphatic carboxylic acids is 1. The lowest BCUT2D eigenvalue weighted by atomic mass is 9.92. The third kappa shape index (κ3) is 7.24. The summed E-state index contributed by atoms with van der Waals surface area (Å²) in [5, 5.41) is 10.7. The Morgan fingerprint density at radius 1 is 1.39 bits per heavy atom. The van der Waals surface area contributed by atoms with E-state index in [-0.39, 0.29) is 12.1 Å². The van der Waals surface area contributed by atoms with Crippen LogP contribution in [0, 0.1) is 5.92 Å². The van der Waals surface area contributed by atoms with Crippen molar-refractivity contribution in [2.24, 2.45) is 5.92 Å². The van der Waals surface area contributed by atoms with E-state index < -0.39 is 5.97 Å². The fourth-order valence-corrected chi connectivity index (χ4v) is 1.84. The molecule has 1 atom stereocenters. The molecule has 0 spiro atoms. The standard InChI is InChI=1S/C10H19NO3.C2H4O2/c1-3-14-9(10(12)13-2)8-4-6-11-7-5-8;1-2(3)4/h8-9,11H,3-7H2,1-2H3;1H3,(H,3,4). The molecule has 1 rings (SSSR count). The van der Waals surface area contributed by atoms with Crippen molar-refractivity contribution in [3.8, 4) is 0 Å². The van der Waals surface area contributed by atoms with E-state index in [4.69, 9.17) is 19.4 Å². The minimum atomic E-state index is -0.833. The van der Waals surface area contributed by atoms with E-state index in [1.165, 1.54) is 7.11 Å². The molecule has 0 radical (unpaired) electrons. The molecular weight excluding hydrogens is 238 g/mol. The molecule has 0 amide bonds. The molecule has 1 aliphatic rings. The number of hydrogen-bond donors (Lipinski definition) is 2. The maximum atomic E-state index is 11.4. The van der Waals surface area contributed by atoms with Gasteiger partial charge in [0.1, 0.15) is 0 Å². The average Bonchev–Trinajstić information content (AvgIpc) is 2.35. The number of rotatable bonds is 4. The molecule has 18 heavy (non-hydrogen) atoms. The maximum Gasteiger partial charge on any atom is 0.335 e. The molecule has 106 valence electrons. The van der Waals surface area contributed by atoms with Crippen LogP contribution in [0.2, 0.25) is 0 Å². The predicted octanol–water partition coefficient (Wildman–Crippen LogP) is 0.655. The molecule has 0 aromatic carbocycles. The highest BCUT2D eigenvalue weighted by Gasteiger charge is 2.30. The molecular formula is C12H23NO5. The summed E-state index contributed by atoms with van der Waals surface area (Å²) in [6.07, 6.45) is 1.60. The Morgan fingerprint density at radius 2 is 1.89 bits per heavy atom. The number of carboxylic acid groups (broad SMARTS) is 1. The van der Waals surface area contributed by atoms with Gasteiger partial charge in [0.2, 0.25) is 0 Å². The number of carbonyl (C=O) groups is 2. The molecule has 1 unspecified atom stereocenters. The van der Waals surface area contributed by atoms with Gasteiger partial charge in [0, 0.05) is 13.5 Å². The van der Waals surface area contributed by atoms with Gasteiger partial charge < -0.3 is 19.9 Å². The first kappa shape index (κ1) is 16.9. The van der Waals surface area contributed by atoms with E-state index >= 15 is 0 Å². The fourth-order valence-electron chi connectivity index (χ4n) is 1.84. The normalized spacial score (nSPS) is 17.3. The van der Waals surface area contributed by atoms with E-state index in [9.17, 15) is 4.79 Å². The lowest BCUT2D eigenvalue weighted by molar-refractivity contribution is -0.158. The fraction of sp³-hybridized carbons (Fsp3) is 0.833. The van der Waals surface area contributed by atoms with Gasteiger partial charge >= 0.3 is 5.97 Å². The summed E-state index contributed by atoms with van der Waals surface area (Å²) in [6.45, 7) is 5.47. The smallest absolute Gasteiger partial charge is 0.335 e. The summed E-state index contributed by atoms with van der Waals surface area (Å²) in [6, 6.07) is 0. The second-order valence-corrected chi connectivity index (χ2v) is 4.01. The van der Waals surface area contributed by atoms with Gasteiger partial charge in [0.25, 0.3) is 5.97 Å². The van der Waals surface area contributed by atoms with Crippen molar-refractivity contribution in [2.75, 3.05) is 26.8 Å². The molecule has 0 aromatic rings. The highest BCUT2D eigenvalue weighted by molar-refractivity contribution is 5.74. The first-order valence-electron chi connectivity index (χ1n) is 6.12. The maximum absolute atomic E-state index is 11.4. The molecule has 1 aliphatic heterocycles. The highest BCUT2D eigenvalue weighted by atomic mass is 16.6. The van der Waals surface area contributed by atoms with Crippen molar-refractivity contribution in [1.29, 1.82) is 0 Å². The Balaban J connectivity index is 0.000000631. The SMILES string of the molecule is CC(=O)O.CCOC(C(=O)OC)C1CCNCC1. The van der Waals surface area contributed by atoms with Crippen molar-refractivity contribution < 1.29 is 24.2 Å². The van der Waals surface area contributed by atoms with E-state index in [1.807, 2.05) is 6.92 Å². The lowest BCUT2D eigenvalue weighted by Crippen LogP contribution is -2.40. The number of carbonyl (C=O) groups excluding carboxylic acids is 1. The van der Waals surface area contributed by atoms with Gasteiger partial charge in [-0.25, -0.2) is 4.79 Å². The summed E-state index contributed by atoms with van der Waals surface area (Å²) < 4.78 is 10.2. The zero-order valence-corrected chi connectivity index (χ0v) is 11.3. The van der Waals surface area contributed by atoms with Crippen molar-refractivity contribution in [2.45, 2.75) is 32.8 Å². The molecule has 6 nitrogen and oxygen atoms in total. The van der Waals surface area contributed by atoms with E-state index in [2.05, 4.69) is 5.32 Å². The van der Waals surface area contributed by atoms with Gasteiger partial charge in [-0.2, -0.15) is 0 Å². The molecule has 1 saturated heterocycles. The number of methoxy groups -OCH3 is 1. The van der Waals surface area contributed by atoms with Crippen LogP contribution in [0.5, 0.6) is 0 Å². The zero-order valence-electron chi connectivity index (χ0n) is 11.3. The van der Waals surface area contributed by atoms with E-state index in [0.29, 0.717) is 12.5 Å². The van der Waals surface area contributed by atoms with Crippen LogP contribution in [0.3, 0.4) is 0 Å². The Bertz CT molecular complexity index is 247. The Kier molecular flexibility index (Phi) is 9.22. The van der Waals surface area contributed by atoms with Crippen LogP contribution in [0.25, 0.3) is 0 Å². The van der Waals surface area contributed by atoms with Gasteiger partial charge in [-0.15, -0.1) is 0 Å². The van der Waals surface area contributed by atoms with E-state index in [0.717, 1.165) is 32.9 Å². The minimum Gasteiger partial charge on any atom is -0.481 e. The molecule has 2 N–H and O–H groups in total. The van der Waals surface area contributed by atoms with Crippen LogP contribution in [0.1, 0.15) is 26.7 Å². The molecule has 1 heterocycles. The number of esters is 1. The van der Waals surface area contributed by atoms with Gasteiger partial charge in [-0.3, -0.25) is 4.79 Å². The Morgan fingerprint density at radius 3 is 2.28 bits per heavy atom. The van der Waals surface area contributed by atoms with Crippen LogP contribution in [0.4, 0.5) is 0 Å². The molecule has 6 heteroatoms. The summed E-state index contributed by atoms with van der Waals surface area (Å²) >= 11 is 0. The number of carboxylic acids is 1. The van der Waals surface area contributed by atoms with Crippen LogP contribution in [0.15, 0.2) is 0 Å². The second-order valence-electron chi connectivity index (χ2n) is 4.01. The predicted molar refractivity (Wildman–Crippen MR) is 66.3 cm³/mol. The first-order valence-corrected chi connectivity index (χ1v) is 6.12. The Labute approximate surface area is 108 Å². The largest absolute Gasteiger partial charge is 0.481 e. The third-order valence-corrected chi connectivity index (χ3v) is 2.59. The number of nitrogens with one attached hydrogen (secondary N) is 1. The topological polar surface area (TPSA) is 84.9 Å². The van der Waals surface area contributed by atoms with Crippen molar-refractivity contribution >= 4 is 11.9 Å². The molecule has 1 fully saturated rings. The van der Waals surface area contributed by atoms with Gasteiger partial charge in [-0.05, 0) is 38.8 Å². The second kappa shape index (κ2) is 9.85. The van der Waals surface area contributed by atoms with Crippen LogP contribution >= 0.6 is 0 Å². The first-order chi connectivity index (χ1) is 8.52. The van der Waals surface area contributed by atoms with Gasteiger partial charge in [-0.1, -0.05) is 0 Å². The molecule has 0 aliphatic carbocycles. The zero-order chi connectivity index (χ0) is 14.0. The molecule has 0 saturated carbocycles. The summed E-state index contributed by atoms with van der Waals surface area (Å²) in [4.78, 5) is 20.4. The number of hydrogen-bond acceptors (Lipinski definition) is 5. The third-order valence-electron chi connectivity index (χ3n) is 2.59. The Hall–Kier alpha value is -1.14. The molecule has 0 bridgehead atoms. The van der Waals surface area contributed by atoms with Crippen molar-refractivity contribution in [1.82, 2.24) is 5.32 Å². The quantitative estimate of drug-likeness (QED) is 0.723. The summed E-state index contributed by atoms with van der Waals surface area (Å²) in [5.74, 6) is -0.762. The summed E-state index contributed by atoms with van der Waals surface area (Å²) in [7, 11) is 1.41. The van der Waals surface area contributed by atoms with Crippen LogP contribution < -0.4 is 5.32 Å². The molecule has 0 aromatic heterocycles. The van der Waals surface area contributed by atoms with Gasteiger partial charge in [0.05, 0.1) is 7.11 Å². The van der Waals surface area contributed by atoms with Crippen LogP contribution in [-0.4, -0.2) is 50.0 Å². The van der Waals surface area contributed by atoms with Crippen LogP contribution in [-0.2, 0) is 19.1 Å². The minimum absolute atomic E-state index is 0.237. The number of ether oxygens (including phenoxy) is 2. The monoisotopic (exact) mass is 261 g/mol. The van der Waals surface area contributed by atoms with Gasteiger partial charge in [0.15, 0.2) is 6.10 Å². The van der Waals surface area contributed by atoms with Crippen molar-refractivity contribution in [3.63, 3.8) is 0 Å². The number of piperidine rings is 1. The summed E-state index contributed by atoms with van der Waals surface area (Å²) in [5.41, 5.74) is 0. The van der Waals surface area contributed by atoms with E-state index in [1.54, 1.807) is 0 Å². The lowest BCUT2D eigenvalue weighted by Gasteiger charge is -2.28. The average molecular weight is 261 g/mol. The highest BCUT2D eigenvalue weighted by Crippen LogP contribution is 2.19.